The molecule has 3 rings (SSSR count). The Labute approximate surface area is 152 Å². The zero-order valence-electron chi connectivity index (χ0n) is 14.5. The summed E-state index contributed by atoms with van der Waals surface area (Å²) in [6.45, 7) is 0.0252. The lowest BCUT2D eigenvalue weighted by Crippen LogP contribution is -2.42. The number of rotatable bonds is 4. The summed E-state index contributed by atoms with van der Waals surface area (Å²) in [6, 6.07) is 6.01. The van der Waals surface area contributed by atoms with Crippen LogP contribution in [0.15, 0.2) is 33.9 Å². The van der Waals surface area contributed by atoms with Crippen LogP contribution in [0.5, 0.6) is 0 Å². The number of H-pyrrole nitrogens is 1. The van der Waals surface area contributed by atoms with Gasteiger partial charge < -0.3 is 5.32 Å². The van der Waals surface area contributed by atoms with E-state index in [0.29, 0.717) is 23.7 Å². The molecule has 0 spiro atoms. The highest BCUT2D eigenvalue weighted by atomic mass is 19.4. The highest BCUT2D eigenvalue weighted by Gasteiger charge is 2.42. The number of hydrogen-bond acceptors (Lipinski definition) is 3. The number of halogens is 3. The van der Waals surface area contributed by atoms with Crippen LogP contribution in [0.4, 0.5) is 13.2 Å². The minimum absolute atomic E-state index is 0.0252. The fraction of sp³-hybridized carbons (Fsp3) is 0.500. The van der Waals surface area contributed by atoms with Crippen LogP contribution in [0.3, 0.4) is 0 Å². The minimum Gasteiger partial charge on any atom is -0.353 e. The number of hydrogen-bond donors (Lipinski definition) is 2. The van der Waals surface area contributed by atoms with Gasteiger partial charge in [0.1, 0.15) is 0 Å². The maximum atomic E-state index is 12.9. The van der Waals surface area contributed by atoms with Crippen LogP contribution in [0.25, 0.3) is 10.9 Å². The number of alkyl halides is 3. The molecule has 1 amide bonds. The van der Waals surface area contributed by atoms with Crippen molar-refractivity contribution in [2.75, 3.05) is 0 Å². The second-order valence-electron chi connectivity index (χ2n) is 6.85. The number of nitrogens with one attached hydrogen (secondary N) is 2. The zero-order chi connectivity index (χ0) is 19.6. The molecule has 0 radical (unpaired) electrons. The van der Waals surface area contributed by atoms with Gasteiger partial charge in [-0.15, -0.1) is 0 Å². The van der Waals surface area contributed by atoms with E-state index < -0.39 is 35.3 Å². The Hall–Kier alpha value is -2.58. The summed E-state index contributed by atoms with van der Waals surface area (Å²) in [5.41, 5.74) is -0.716. The molecule has 1 aromatic carbocycles. The minimum atomic E-state index is -4.24. The first-order chi connectivity index (χ1) is 12.8. The monoisotopic (exact) mass is 383 g/mol. The molecule has 2 N–H and O–H groups in total. The summed E-state index contributed by atoms with van der Waals surface area (Å²) < 4.78 is 39.9. The molecule has 6 nitrogen and oxygen atoms in total. The SMILES string of the molecule is O=C(CCn1c(=O)[nH]c(=O)c2ccccc21)N[C@@H]1CCC[C@H](C(F)(F)F)C1. The topological polar surface area (TPSA) is 84.0 Å². The largest absolute Gasteiger partial charge is 0.391 e. The van der Waals surface area contributed by atoms with E-state index in [1.165, 1.54) is 4.57 Å². The Morgan fingerprint density at radius 3 is 2.70 bits per heavy atom. The van der Waals surface area contributed by atoms with Crippen molar-refractivity contribution in [3.8, 4) is 0 Å². The number of carbonyl (C=O) groups is 1. The Balaban J connectivity index is 1.66. The van der Waals surface area contributed by atoms with Crippen LogP contribution in [-0.4, -0.2) is 27.7 Å². The molecule has 1 aliphatic rings. The molecule has 0 bridgehead atoms. The Bertz CT molecular complexity index is 948. The number of nitrogens with zero attached hydrogens (tertiary/aromatic N) is 1. The van der Waals surface area contributed by atoms with Gasteiger partial charge in [-0.2, -0.15) is 13.2 Å². The molecular formula is C18H20F3N3O3. The summed E-state index contributed by atoms with van der Waals surface area (Å²) in [4.78, 5) is 38.3. The summed E-state index contributed by atoms with van der Waals surface area (Å²) in [7, 11) is 0. The third-order valence-corrected chi connectivity index (χ3v) is 4.97. The maximum absolute atomic E-state index is 12.9. The third-order valence-electron chi connectivity index (χ3n) is 4.97. The number of aromatic amines is 1. The molecule has 1 aliphatic carbocycles. The molecule has 27 heavy (non-hydrogen) atoms. The maximum Gasteiger partial charge on any atom is 0.391 e. The molecule has 1 heterocycles. The van der Waals surface area contributed by atoms with Crippen molar-refractivity contribution in [1.82, 2.24) is 14.9 Å². The highest BCUT2D eigenvalue weighted by molar-refractivity contribution is 5.79. The fourth-order valence-corrected chi connectivity index (χ4v) is 3.60. The van der Waals surface area contributed by atoms with Crippen LogP contribution in [0, 0.1) is 5.92 Å². The Morgan fingerprint density at radius 2 is 1.96 bits per heavy atom. The van der Waals surface area contributed by atoms with Crippen molar-refractivity contribution >= 4 is 16.8 Å². The predicted molar refractivity (Wildman–Crippen MR) is 93.4 cm³/mol. The first kappa shape index (κ1) is 19.2. The molecule has 0 saturated heterocycles. The molecule has 9 heteroatoms. The van der Waals surface area contributed by atoms with Crippen LogP contribution >= 0.6 is 0 Å². The lowest BCUT2D eigenvalue weighted by Gasteiger charge is -2.31. The Morgan fingerprint density at radius 1 is 1.22 bits per heavy atom. The van der Waals surface area contributed by atoms with Crippen LogP contribution in [0.2, 0.25) is 0 Å². The van der Waals surface area contributed by atoms with Gasteiger partial charge in [-0.3, -0.25) is 19.1 Å². The van der Waals surface area contributed by atoms with Gasteiger partial charge in [0.2, 0.25) is 5.91 Å². The second-order valence-corrected chi connectivity index (χ2v) is 6.85. The summed E-state index contributed by atoms with van der Waals surface area (Å²) in [5, 5.41) is 2.98. The lowest BCUT2D eigenvalue weighted by atomic mass is 9.85. The standard InChI is InChI=1S/C18H20F3N3O3/c19-18(20,21)11-4-3-5-12(10-11)22-15(25)8-9-24-14-7-2-1-6-13(14)16(26)23-17(24)27/h1-2,6-7,11-12H,3-5,8-10H2,(H,22,25)(H,23,26,27)/t11-,12+/m0/s1. The summed E-state index contributed by atoms with van der Waals surface area (Å²) in [6.07, 6.45) is -3.40. The van der Waals surface area contributed by atoms with Crippen molar-refractivity contribution in [3.05, 3.63) is 45.1 Å². The van der Waals surface area contributed by atoms with Gasteiger partial charge >= 0.3 is 11.9 Å². The molecule has 146 valence electrons. The number of para-hydroxylation sites is 1. The van der Waals surface area contributed by atoms with Crippen molar-refractivity contribution in [2.24, 2.45) is 5.92 Å². The average Bonchev–Trinajstić information content (AvgIpc) is 2.61. The van der Waals surface area contributed by atoms with E-state index >= 15 is 0 Å². The van der Waals surface area contributed by atoms with E-state index in [1.807, 2.05) is 0 Å². The van der Waals surface area contributed by atoms with Gasteiger partial charge in [-0.05, 0) is 31.4 Å². The van der Waals surface area contributed by atoms with Gasteiger partial charge in [0.25, 0.3) is 5.56 Å². The van der Waals surface area contributed by atoms with E-state index in [9.17, 15) is 27.6 Å². The molecule has 1 aromatic heterocycles. The summed E-state index contributed by atoms with van der Waals surface area (Å²) >= 11 is 0. The smallest absolute Gasteiger partial charge is 0.353 e. The molecule has 0 unspecified atom stereocenters. The van der Waals surface area contributed by atoms with Crippen LogP contribution in [-0.2, 0) is 11.3 Å². The van der Waals surface area contributed by atoms with Gasteiger partial charge in [0.05, 0.1) is 16.8 Å². The van der Waals surface area contributed by atoms with Crippen LogP contribution in [0.1, 0.15) is 32.1 Å². The molecular weight excluding hydrogens is 363 g/mol. The number of aromatic nitrogens is 2. The molecule has 2 aromatic rings. The third kappa shape index (κ3) is 4.40. The second kappa shape index (κ2) is 7.58. The van der Waals surface area contributed by atoms with E-state index in [1.54, 1.807) is 24.3 Å². The quantitative estimate of drug-likeness (QED) is 0.850. The number of fused-ring (bicyclic) bond motifs is 1. The lowest BCUT2D eigenvalue weighted by molar-refractivity contribution is -0.184. The van der Waals surface area contributed by atoms with E-state index in [0.717, 1.165) is 0 Å². The van der Waals surface area contributed by atoms with Gasteiger partial charge in [0, 0.05) is 19.0 Å². The predicted octanol–water partition coefficient (Wildman–Crippen LogP) is 2.32. The zero-order valence-corrected chi connectivity index (χ0v) is 14.5. The molecule has 1 fully saturated rings. The van der Waals surface area contributed by atoms with Crippen molar-refractivity contribution in [3.63, 3.8) is 0 Å². The van der Waals surface area contributed by atoms with Gasteiger partial charge in [-0.1, -0.05) is 18.6 Å². The number of carbonyl (C=O) groups excluding carboxylic acids is 1. The normalized spacial score (nSPS) is 20.6. The molecule has 1 saturated carbocycles. The van der Waals surface area contributed by atoms with Gasteiger partial charge in [-0.25, -0.2) is 4.79 Å². The average molecular weight is 383 g/mol. The first-order valence-corrected chi connectivity index (χ1v) is 8.83. The van der Waals surface area contributed by atoms with Crippen molar-refractivity contribution in [2.45, 2.75) is 50.9 Å². The van der Waals surface area contributed by atoms with Crippen molar-refractivity contribution < 1.29 is 18.0 Å². The number of amides is 1. The van der Waals surface area contributed by atoms with E-state index in [-0.39, 0.29) is 25.8 Å². The first-order valence-electron chi connectivity index (χ1n) is 8.83. The fourth-order valence-electron chi connectivity index (χ4n) is 3.60. The van der Waals surface area contributed by atoms with Crippen molar-refractivity contribution in [1.29, 1.82) is 0 Å². The summed E-state index contributed by atoms with van der Waals surface area (Å²) in [5.74, 6) is -1.80. The molecule has 0 aliphatic heterocycles. The Kier molecular flexibility index (Phi) is 5.38. The van der Waals surface area contributed by atoms with E-state index in [4.69, 9.17) is 0 Å². The molecule has 2 atom stereocenters. The number of aryl methyl sites for hydroxylation is 1. The number of benzene rings is 1. The highest BCUT2D eigenvalue weighted by Crippen LogP contribution is 2.37. The van der Waals surface area contributed by atoms with Crippen LogP contribution < -0.4 is 16.6 Å². The van der Waals surface area contributed by atoms with E-state index in [2.05, 4.69) is 10.3 Å². The van der Waals surface area contributed by atoms with Gasteiger partial charge in [0.15, 0.2) is 0 Å².